The Balaban J connectivity index is 2.37. The maximum atomic E-state index is 12.7. The van der Waals surface area contributed by atoms with Crippen molar-refractivity contribution in [3.63, 3.8) is 0 Å². The molecule has 0 aliphatic carbocycles. The number of hydrogen-bond donors (Lipinski definition) is 1. The van der Waals surface area contributed by atoms with Crippen molar-refractivity contribution >= 4 is 34.1 Å². The Morgan fingerprint density at radius 1 is 1.22 bits per heavy atom. The molecule has 6 nitrogen and oxygen atoms in total. The van der Waals surface area contributed by atoms with Crippen molar-refractivity contribution in [1.29, 1.82) is 0 Å². The minimum absolute atomic E-state index is 0.0747. The van der Waals surface area contributed by atoms with Gasteiger partial charge in [-0.2, -0.15) is 0 Å². The third kappa shape index (κ3) is 3.90. The molecule has 126 valence electrons. The van der Waals surface area contributed by atoms with Crippen molar-refractivity contribution < 1.29 is 19.1 Å². The fourth-order valence-electron chi connectivity index (χ4n) is 2.66. The second-order valence-electron chi connectivity index (χ2n) is 5.51. The molecule has 0 atom stereocenters. The van der Waals surface area contributed by atoms with Crippen molar-refractivity contribution in [3.05, 3.63) is 16.0 Å². The molecule has 2 amide bonds. The quantitative estimate of drug-likeness (QED) is 0.857. The van der Waals surface area contributed by atoms with E-state index in [1.807, 2.05) is 4.90 Å². The number of anilines is 1. The summed E-state index contributed by atoms with van der Waals surface area (Å²) in [5, 5.41) is 3.02. The summed E-state index contributed by atoms with van der Waals surface area (Å²) in [6.07, 6.45) is 3.14. The standard InChI is InChI=1S/C16H22N2O4S/c1-4-22-16(21)12-10(2)13(23-14(12)17-11(3)19)15(20)18-8-6-5-7-9-18/h4-9H2,1-3H3,(H,17,19). The van der Waals surface area contributed by atoms with E-state index in [9.17, 15) is 14.4 Å². The largest absolute Gasteiger partial charge is 0.462 e. The lowest BCUT2D eigenvalue weighted by molar-refractivity contribution is -0.114. The third-order valence-electron chi connectivity index (χ3n) is 3.75. The first-order chi connectivity index (χ1) is 11.0. The molecule has 1 aromatic rings. The lowest BCUT2D eigenvalue weighted by Crippen LogP contribution is -2.35. The van der Waals surface area contributed by atoms with E-state index in [0.29, 0.717) is 15.4 Å². The lowest BCUT2D eigenvalue weighted by Gasteiger charge is -2.26. The molecule has 0 spiro atoms. The van der Waals surface area contributed by atoms with Crippen LogP contribution in [0.1, 0.15) is 58.7 Å². The van der Waals surface area contributed by atoms with E-state index in [1.54, 1.807) is 13.8 Å². The molecule has 1 aliphatic rings. The Morgan fingerprint density at radius 3 is 2.43 bits per heavy atom. The van der Waals surface area contributed by atoms with Crippen LogP contribution in [0, 0.1) is 6.92 Å². The number of rotatable bonds is 4. The Hall–Kier alpha value is -1.89. The van der Waals surface area contributed by atoms with Gasteiger partial charge in [0.05, 0.1) is 17.0 Å². The number of ether oxygens (including phenoxy) is 1. The average molecular weight is 338 g/mol. The van der Waals surface area contributed by atoms with E-state index in [0.717, 1.165) is 43.7 Å². The minimum atomic E-state index is -0.511. The van der Waals surface area contributed by atoms with Gasteiger partial charge in [-0.3, -0.25) is 9.59 Å². The van der Waals surface area contributed by atoms with Crippen LogP contribution in [0.3, 0.4) is 0 Å². The van der Waals surface area contributed by atoms with Crippen molar-refractivity contribution in [2.24, 2.45) is 0 Å². The summed E-state index contributed by atoms with van der Waals surface area (Å²) in [7, 11) is 0. The predicted molar refractivity (Wildman–Crippen MR) is 89.1 cm³/mol. The normalized spacial score (nSPS) is 14.5. The van der Waals surface area contributed by atoms with E-state index in [4.69, 9.17) is 4.74 Å². The van der Waals surface area contributed by atoms with Crippen LogP contribution in [-0.4, -0.2) is 42.4 Å². The Bertz CT molecular complexity index is 618. The zero-order valence-electron chi connectivity index (χ0n) is 13.7. The van der Waals surface area contributed by atoms with E-state index < -0.39 is 5.97 Å². The average Bonchev–Trinajstić information content (AvgIpc) is 2.83. The molecule has 0 bridgehead atoms. The smallest absolute Gasteiger partial charge is 0.341 e. The first-order valence-corrected chi connectivity index (χ1v) is 8.64. The highest BCUT2D eigenvalue weighted by Crippen LogP contribution is 2.35. The summed E-state index contributed by atoms with van der Waals surface area (Å²) < 4.78 is 5.06. The van der Waals surface area contributed by atoms with Crippen molar-refractivity contribution in [2.45, 2.75) is 40.0 Å². The van der Waals surface area contributed by atoms with Gasteiger partial charge in [0.15, 0.2) is 0 Å². The molecule has 1 N–H and O–H groups in total. The zero-order chi connectivity index (χ0) is 17.0. The zero-order valence-corrected chi connectivity index (χ0v) is 14.5. The molecule has 0 saturated carbocycles. The van der Waals surface area contributed by atoms with E-state index in [1.165, 1.54) is 6.92 Å². The molecule has 23 heavy (non-hydrogen) atoms. The first-order valence-electron chi connectivity index (χ1n) is 7.83. The molecule has 0 unspecified atom stereocenters. The van der Waals surface area contributed by atoms with Gasteiger partial charge in [-0.15, -0.1) is 11.3 Å². The number of carbonyl (C=O) groups is 3. The summed E-state index contributed by atoms with van der Waals surface area (Å²) in [5.74, 6) is -0.870. The van der Waals surface area contributed by atoms with E-state index in [-0.39, 0.29) is 24.0 Å². The maximum absolute atomic E-state index is 12.7. The molecule has 2 heterocycles. The highest BCUT2D eigenvalue weighted by Gasteiger charge is 2.28. The van der Waals surface area contributed by atoms with Gasteiger partial charge < -0.3 is 15.0 Å². The second kappa shape index (κ2) is 7.59. The third-order valence-corrected chi connectivity index (χ3v) is 4.95. The van der Waals surface area contributed by atoms with Crippen molar-refractivity contribution in [3.8, 4) is 0 Å². The van der Waals surface area contributed by atoms with Crippen LogP contribution in [0.5, 0.6) is 0 Å². The predicted octanol–water partition coefficient (Wildman–Crippen LogP) is 2.82. The molecule has 2 rings (SSSR count). The van der Waals surface area contributed by atoms with Gasteiger partial charge in [0.2, 0.25) is 5.91 Å². The van der Waals surface area contributed by atoms with Crippen molar-refractivity contribution in [1.82, 2.24) is 4.90 Å². The SMILES string of the molecule is CCOC(=O)c1c(NC(C)=O)sc(C(=O)N2CCCCC2)c1C. The maximum Gasteiger partial charge on any atom is 0.341 e. The molecule has 1 aliphatic heterocycles. The Kier molecular flexibility index (Phi) is 5.76. The monoisotopic (exact) mass is 338 g/mol. The fraction of sp³-hybridized carbons (Fsp3) is 0.562. The molecular weight excluding hydrogens is 316 g/mol. The van der Waals surface area contributed by atoms with Crippen LogP contribution < -0.4 is 5.32 Å². The van der Waals surface area contributed by atoms with Gasteiger partial charge in [-0.05, 0) is 38.7 Å². The number of nitrogens with zero attached hydrogens (tertiary/aromatic N) is 1. The fourth-order valence-corrected chi connectivity index (χ4v) is 3.86. The van der Waals surface area contributed by atoms with Crippen LogP contribution in [0.2, 0.25) is 0 Å². The van der Waals surface area contributed by atoms with Crippen LogP contribution in [0.4, 0.5) is 5.00 Å². The summed E-state index contributed by atoms with van der Waals surface area (Å²) in [4.78, 5) is 38.6. The number of carbonyl (C=O) groups excluding carboxylic acids is 3. The van der Waals surface area contributed by atoms with Gasteiger partial charge in [0.25, 0.3) is 5.91 Å². The highest BCUT2D eigenvalue weighted by molar-refractivity contribution is 7.18. The van der Waals surface area contributed by atoms with Gasteiger partial charge in [-0.25, -0.2) is 4.79 Å². The molecule has 1 saturated heterocycles. The van der Waals surface area contributed by atoms with Crippen LogP contribution >= 0.6 is 11.3 Å². The summed E-state index contributed by atoms with van der Waals surface area (Å²) in [5.41, 5.74) is 0.861. The topological polar surface area (TPSA) is 75.7 Å². The summed E-state index contributed by atoms with van der Waals surface area (Å²) in [6, 6.07) is 0. The molecule has 1 fully saturated rings. The minimum Gasteiger partial charge on any atom is -0.462 e. The molecule has 1 aromatic heterocycles. The number of thiophene rings is 1. The number of amides is 2. The van der Waals surface area contributed by atoms with Crippen molar-refractivity contribution in [2.75, 3.05) is 25.0 Å². The highest BCUT2D eigenvalue weighted by atomic mass is 32.1. The number of likely N-dealkylation sites (tertiary alicyclic amines) is 1. The molecular formula is C16H22N2O4S. The lowest BCUT2D eigenvalue weighted by atomic mass is 10.1. The van der Waals surface area contributed by atoms with E-state index >= 15 is 0 Å². The van der Waals surface area contributed by atoms with Crippen LogP contribution in [0.25, 0.3) is 0 Å². The molecule has 0 radical (unpaired) electrons. The van der Waals surface area contributed by atoms with Gasteiger partial charge in [-0.1, -0.05) is 0 Å². The van der Waals surface area contributed by atoms with Gasteiger partial charge >= 0.3 is 5.97 Å². The van der Waals surface area contributed by atoms with Crippen LogP contribution in [-0.2, 0) is 9.53 Å². The Labute approximate surface area is 139 Å². The van der Waals surface area contributed by atoms with Crippen LogP contribution in [0.15, 0.2) is 0 Å². The van der Waals surface area contributed by atoms with E-state index in [2.05, 4.69) is 5.32 Å². The Morgan fingerprint density at radius 2 is 1.87 bits per heavy atom. The number of hydrogen-bond acceptors (Lipinski definition) is 5. The second-order valence-corrected chi connectivity index (χ2v) is 6.54. The summed E-state index contributed by atoms with van der Waals surface area (Å²) in [6.45, 7) is 6.53. The molecule has 0 aromatic carbocycles. The van der Waals surface area contributed by atoms with Gasteiger partial charge in [0.1, 0.15) is 5.00 Å². The number of piperidine rings is 1. The molecule has 7 heteroatoms. The van der Waals surface area contributed by atoms with Gasteiger partial charge in [0, 0.05) is 20.0 Å². The summed E-state index contributed by atoms with van der Waals surface area (Å²) >= 11 is 1.15. The number of esters is 1. The first kappa shape index (κ1) is 17.5. The number of nitrogens with one attached hydrogen (secondary N) is 1.